The molecule has 0 amide bonds. The van der Waals surface area contributed by atoms with Crippen molar-refractivity contribution in [3.05, 3.63) is 28.7 Å². The van der Waals surface area contributed by atoms with E-state index in [0.717, 1.165) is 49.2 Å². The number of hydrogen-bond donors (Lipinski definition) is 3. The molecular formula is C17H26BrIN4O. The first kappa shape index (κ1) is 19.8. The largest absolute Gasteiger partial charge is 0.388 e. The molecular weight excluding hydrogens is 483 g/mol. The Morgan fingerprint density at radius 2 is 2.17 bits per heavy atom. The van der Waals surface area contributed by atoms with Crippen molar-refractivity contribution < 1.29 is 5.11 Å². The summed E-state index contributed by atoms with van der Waals surface area (Å²) >= 11 is 3.63. The van der Waals surface area contributed by atoms with E-state index in [0.29, 0.717) is 12.6 Å². The minimum atomic E-state index is -0.533. The molecule has 5 nitrogen and oxygen atoms in total. The molecule has 0 bridgehead atoms. The van der Waals surface area contributed by atoms with E-state index in [4.69, 9.17) is 0 Å². The molecule has 1 aromatic carbocycles. The lowest BCUT2D eigenvalue weighted by Gasteiger charge is -2.37. The Morgan fingerprint density at radius 1 is 1.42 bits per heavy atom. The second-order valence-electron chi connectivity index (χ2n) is 6.53. The summed E-state index contributed by atoms with van der Waals surface area (Å²) in [6, 6.07) is 8.70. The molecule has 2 fully saturated rings. The third-order valence-electron chi connectivity index (χ3n) is 4.81. The molecule has 1 saturated heterocycles. The Morgan fingerprint density at radius 3 is 2.79 bits per heavy atom. The number of nitrogens with zero attached hydrogens (tertiary/aromatic N) is 2. The third-order valence-corrected chi connectivity index (χ3v) is 5.49. The molecule has 0 radical (unpaired) electrons. The molecule has 0 spiro atoms. The maximum Gasteiger partial charge on any atom is 0.191 e. The van der Waals surface area contributed by atoms with Crippen LogP contribution in [0.4, 0.5) is 5.69 Å². The van der Waals surface area contributed by atoms with Crippen LogP contribution in [-0.4, -0.2) is 49.4 Å². The average molecular weight is 509 g/mol. The minimum absolute atomic E-state index is 0. The summed E-state index contributed by atoms with van der Waals surface area (Å²) in [5.41, 5.74) is 0.706. The van der Waals surface area contributed by atoms with Gasteiger partial charge in [0.1, 0.15) is 0 Å². The lowest BCUT2D eigenvalue weighted by atomic mass is 9.80. The molecule has 3 N–H and O–H groups in total. The SMILES string of the molecule is CN=C(NCC1(O)CCC1)NC1CCN(c2ccccc2Br)C1.I. The minimum Gasteiger partial charge on any atom is -0.388 e. The van der Waals surface area contributed by atoms with Gasteiger partial charge in [-0.1, -0.05) is 12.1 Å². The summed E-state index contributed by atoms with van der Waals surface area (Å²) in [6.07, 6.45) is 3.96. The maximum atomic E-state index is 10.2. The van der Waals surface area contributed by atoms with Gasteiger partial charge in [0.15, 0.2) is 5.96 Å². The summed E-state index contributed by atoms with van der Waals surface area (Å²) in [4.78, 5) is 6.67. The molecule has 7 heteroatoms. The Kier molecular flexibility index (Phi) is 7.18. The Labute approximate surface area is 169 Å². The van der Waals surface area contributed by atoms with Crippen LogP contribution in [0.2, 0.25) is 0 Å². The summed E-state index contributed by atoms with van der Waals surface area (Å²) < 4.78 is 1.13. The first-order chi connectivity index (χ1) is 11.1. The fourth-order valence-corrected chi connectivity index (χ4v) is 3.74. The van der Waals surface area contributed by atoms with Crippen molar-refractivity contribution in [1.82, 2.24) is 10.6 Å². The van der Waals surface area contributed by atoms with Crippen molar-refractivity contribution in [2.45, 2.75) is 37.3 Å². The van der Waals surface area contributed by atoms with Crippen molar-refractivity contribution in [3.8, 4) is 0 Å². The van der Waals surface area contributed by atoms with E-state index >= 15 is 0 Å². The highest BCUT2D eigenvalue weighted by molar-refractivity contribution is 14.0. The van der Waals surface area contributed by atoms with E-state index < -0.39 is 5.60 Å². The lowest BCUT2D eigenvalue weighted by Crippen LogP contribution is -2.52. The van der Waals surface area contributed by atoms with Crippen LogP contribution in [0, 0.1) is 0 Å². The van der Waals surface area contributed by atoms with Gasteiger partial charge in [-0.3, -0.25) is 4.99 Å². The van der Waals surface area contributed by atoms with Crippen molar-refractivity contribution in [2.24, 2.45) is 4.99 Å². The number of aliphatic hydroxyl groups is 1. The van der Waals surface area contributed by atoms with E-state index in [9.17, 15) is 5.11 Å². The van der Waals surface area contributed by atoms with Crippen LogP contribution in [0.5, 0.6) is 0 Å². The number of halogens is 2. The van der Waals surface area contributed by atoms with E-state index in [1.165, 1.54) is 5.69 Å². The highest BCUT2D eigenvalue weighted by Crippen LogP contribution is 2.30. The van der Waals surface area contributed by atoms with Crippen LogP contribution >= 0.6 is 39.9 Å². The number of anilines is 1. The van der Waals surface area contributed by atoms with E-state index in [-0.39, 0.29) is 24.0 Å². The number of hydrogen-bond acceptors (Lipinski definition) is 3. The third kappa shape index (κ3) is 4.76. The first-order valence-corrected chi connectivity index (χ1v) is 9.08. The summed E-state index contributed by atoms with van der Waals surface area (Å²) in [5, 5.41) is 16.9. The Balaban J connectivity index is 0.00000208. The van der Waals surface area contributed by atoms with Crippen molar-refractivity contribution in [3.63, 3.8) is 0 Å². The Hall–Kier alpha value is -0.540. The predicted octanol–water partition coefficient (Wildman–Crippen LogP) is 2.73. The molecule has 3 rings (SSSR count). The number of nitrogens with one attached hydrogen (secondary N) is 2. The fraction of sp³-hybridized carbons (Fsp3) is 0.588. The molecule has 1 atom stereocenters. The van der Waals surface area contributed by atoms with Crippen molar-refractivity contribution >= 4 is 51.6 Å². The van der Waals surface area contributed by atoms with Gasteiger partial charge in [-0.25, -0.2) is 0 Å². The van der Waals surface area contributed by atoms with Gasteiger partial charge in [0.2, 0.25) is 0 Å². The van der Waals surface area contributed by atoms with Gasteiger partial charge in [0.05, 0.1) is 11.3 Å². The normalized spacial score (nSPS) is 22.5. The van der Waals surface area contributed by atoms with Gasteiger partial charge in [0, 0.05) is 37.2 Å². The molecule has 1 unspecified atom stereocenters. The molecule has 1 aliphatic carbocycles. The van der Waals surface area contributed by atoms with Gasteiger partial charge in [-0.15, -0.1) is 24.0 Å². The summed E-state index contributed by atoms with van der Waals surface area (Å²) in [6.45, 7) is 2.56. The molecule has 2 aliphatic rings. The summed E-state index contributed by atoms with van der Waals surface area (Å²) in [5.74, 6) is 0.782. The summed E-state index contributed by atoms with van der Waals surface area (Å²) in [7, 11) is 1.78. The molecule has 1 saturated carbocycles. The van der Waals surface area contributed by atoms with Crippen molar-refractivity contribution in [1.29, 1.82) is 0 Å². The molecule has 1 heterocycles. The number of rotatable bonds is 4. The average Bonchev–Trinajstić information content (AvgIpc) is 2.98. The van der Waals surface area contributed by atoms with Crippen LogP contribution in [0.1, 0.15) is 25.7 Å². The number of aliphatic imine (C=N–C) groups is 1. The Bertz CT molecular complexity index is 579. The standard InChI is InChI=1S/C17H25BrN4O.HI/c1-19-16(20-12-17(23)8-4-9-17)21-13-7-10-22(11-13)15-6-3-2-5-14(15)18;/h2-3,5-6,13,23H,4,7-12H2,1H3,(H2,19,20,21);1H. The maximum absolute atomic E-state index is 10.2. The topological polar surface area (TPSA) is 59.9 Å². The number of para-hydroxylation sites is 1. The van der Waals surface area contributed by atoms with Gasteiger partial charge in [0.25, 0.3) is 0 Å². The monoisotopic (exact) mass is 508 g/mol. The molecule has 24 heavy (non-hydrogen) atoms. The van der Waals surface area contributed by atoms with Crippen LogP contribution in [0.25, 0.3) is 0 Å². The zero-order valence-corrected chi connectivity index (χ0v) is 17.9. The van der Waals surface area contributed by atoms with Gasteiger partial charge in [-0.05, 0) is 53.7 Å². The molecule has 0 aromatic heterocycles. The molecule has 1 aromatic rings. The van der Waals surface area contributed by atoms with Crippen LogP contribution in [0.3, 0.4) is 0 Å². The quantitative estimate of drug-likeness (QED) is 0.332. The van der Waals surface area contributed by atoms with Gasteiger partial charge >= 0.3 is 0 Å². The van der Waals surface area contributed by atoms with Gasteiger partial charge < -0.3 is 20.6 Å². The molecule has 134 valence electrons. The van der Waals surface area contributed by atoms with Crippen LogP contribution < -0.4 is 15.5 Å². The smallest absolute Gasteiger partial charge is 0.191 e. The highest BCUT2D eigenvalue weighted by Gasteiger charge is 2.34. The first-order valence-electron chi connectivity index (χ1n) is 8.29. The van der Waals surface area contributed by atoms with E-state index in [1.807, 2.05) is 6.07 Å². The predicted molar refractivity (Wildman–Crippen MR) is 113 cm³/mol. The van der Waals surface area contributed by atoms with E-state index in [2.05, 4.69) is 54.7 Å². The molecule has 1 aliphatic heterocycles. The number of benzene rings is 1. The van der Waals surface area contributed by atoms with E-state index in [1.54, 1.807) is 7.05 Å². The lowest BCUT2D eigenvalue weighted by molar-refractivity contribution is -0.0279. The fourth-order valence-electron chi connectivity index (χ4n) is 3.20. The highest BCUT2D eigenvalue weighted by atomic mass is 127. The van der Waals surface area contributed by atoms with Crippen LogP contribution in [-0.2, 0) is 0 Å². The number of guanidine groups is 1. The zero-order valence-electron chi connectivity index (χ0n) is 14.0. The second-order valence-corrected chi connectivity index (χ2v) is 7.39. The zero-order chi connectivity index (χ0) is 16.3. The van der Waals surface area contributed by atoms with Crippen LogP contribution in [0.15, 0.2) is 33.7 Å². The second kappa shape index (κ2) is 8.71. The van der Waals surface area contributed by atoms with Gasteiger partial charge in [-0.2, -0.15) is 0 Å². The van der Waals surface area contributed by atoms with Crippen molar-refractivity contribution in [2.75, 3.05) is 31.6 Å².